The number of carbonyl (C=O) groups excluding carboxylic acids is 5. The summed E-state index contributed by atoms with van der Waals surface area (Å²) >= 11 is 13.3. The van der Waals surface area contributed by atoms with Crippen LogP contribution in [0.25, 0.3) is 0 Å². The Hall–Kier alpha value is -1.07. The molecule has 0 bridgehead atoms. The van der Waals surface area contributed by atoms with Crippen molar-refractivity contribution in [2.45, 2.75) is 63.3 Å². The smallest absolute Gasteiger partial charge is 0.307 e. The highest BCUT2D eigenvalue weighted by molar-refractivity contribution is 7.99. The highest BCUT2D eigenvalue weighted by Crippen LogP contribution is 2.19. The maximum atomic E-state index is 12.8. The van der Waals surface area contributed by atoms with E-state index in [4.69, 9.17) is 28.1 Å². The van der Waals surface area contributed by atoms with Gasteiger partial charge in [0.1, 0.15) is 19.8 Å². The Labute approximate surface area is 264 Å². The van der Waals surface area contributed by atoms with Gasteiger partial charge in [0.05, 0.1) is 38.7 Å². The van der Waals surface area contributed by atoms with Crippen LogP contribution in [0, 0.1) is 0 Å². The number of thiol groups is 3. The fourth-order valence-electron chi connectivity index (χ4n) is 2.90. The van der Waals surface area contributed by atoms with E-state index in [-0.39, 0.29) is 55.3 Å². The van der Waals surface area contributed by atoms with Crippen molar-refractivity contribution in [1.29, 1.82) is 0 Å². The van der Waals surface area contributed by atoms with Crippen molar-refractivity contribution < 1.29 is 52.1 Å². The summed E-state index contributed by atoms with van der Waals surface area (Å²) in [6.45, 7) is 3.03. The third-order valence-electron chi connectivity index (χ3n) is 5.41. The molecule has 0 N–H and O–H groups in total. The van der Waals surface area contributed by atoms with Crippen molar-refractivity contribution in [3.05, 3.63) is 0 Å². The summed E-state index contributed by atoms with van der Waals surface area (Å²) in [5.74, 6) is -1.38. The van der Waals surface area contributed by atoms with Gasteiger partial charge in [-0.15, -0.1) is 0 Å². The number of hydrogen-bond acceptors (Lipinski definition) is 15. The maximum absolute atomic E-state index is 12.8. The number of esters is 5. The molecule has 0 aliphatic carbocycles. The maximum Gasteiger partial charge on any atom is 0.307 e. The van der Waals surface area contributed by atoms with Crippen molar-refractivity contribution in [3.63, 3.8) is 0 Å². The van der Waals surface area contributed by atoms with Crippen molar-refractivity contribution in [1.82, 2.24) is 0 Å². The summed E-state index contributed by atoms with van der Waals surface area (Å²) in [5.41, 5.74) is -1.75. The number of hydrogen-bond donors (Lipinski definition) is 3. The zero-order valence-corrected chi connectivity index (χ0v) is 28.6. The molecule has 0 unspecified atom stereocenters. The second kappa shape index (κ2) is 23.4. The van der Waals surface area contributed by atoms with Crippen molar-refractivity contribution in [2.24, 2.45) is 0 Å². The molecule has 0 fully saturated rings. The van der Waals surface area contributed by atoms with E-state index in [1.165, 1.54) is 11.8 Å². The predicted molar refractivity (Wildman–Crippen MR) is 169 cm³/mol. The van der Waals surface area contributed by atoms with Crippen molar-refractivity contribution in [3.8, 4) is 0 Å². The molecule has 11 nitrogen and oxygen atoms in total. The fraction of sp³-hybridized carbons (Fsp3) is 0.800. The van der Waals surface area contributed by atoms with Crippen molar-refractivity contribution >= 4 is 87.8 Å². The minimum atomic E-state index is -1.75. The van der Waals surface area contributed by atoms with Gasteiger partial charge in [0.2, 0.25) is 5.60 Å². The van der Waals surface area contributed by atoms with Gasteiger partial charge in [-0.3, -0.25) is 24.0 Å². The highest BCUT2D eigenvalue weighted by atomic mass is 32.2. The molecule has 0 amide bonds. The van der Waals surface area contributed by atoms with Crippen LogP contribution in [0.1, 0.15) is 38.5 Å². The molecule has 238 valence electrons. The Bertz CT molecular complexity index is 759. The van der Waals surface area contributed by atoms with Crippen LogP contribution in [0.5, 0.6) is 0 Å². The van der Waals surface area contributed by atoms with E-state index in [1.54, 1.807) is 7.11 Å². The number of rotatable bonds is 24. The van der Waals surface area contributed by atoms with Crippen LogP contribution in [0.4, 0.5) is 0 Å². The first-order valence-corrected chi connectivity index (χ1v) is 19.4. The lowest BCUT2D eigenvalue weighted by molar-refractivity contribution is -0.195. The van der Waals surface area contributed by atoms with E-state index < -0.39 is 57.6 Å². The Balaban J connectivity index is 5.00. The van der Waals surface area contributed by atoms with E-state index in [2.05, 4.69) is 51.0 Å². The van der Waals surface area contributed by atoms with E-state index in [1.807, 2.05) is 0 Å². The average molecular weight is 677 g/mol. The third kappa shape index (κ3) is 21.3. The van der Waals surface area contributed by atoms with Crippen LogP contribution in [-0.4, -0.2) is 106 Å². The second-order valence-electron chi connectivity index (χ2n) is 9.46. The quantitative estimate of drug-likeness (QED) is 0.0455. The molecule has 0 rings (SSSR count). The molecular formula is C25H44O11S4Si. The SMILES string of the molecule is CO[Si](C)(C)CCCOC(=O)CCSCCC(=O)OC(COC(=O)CCS)(COC(=O)CCS)COC(=O)CCS. The van der Waals surface area contributed by atoms with Gasteiger partial charge in [-0.1, -0.05) is 0 Å². The molecule has 0 aromatic carbocycles. The van der Waals surface area contributed by atoms with Crippen LogP contribution in [0.3, 0.4) is 0 Å². The second-order valence-corrected chi connectivity index (χ2v) is 16.5. The first-order chi connectivity index (χ1) is 19.4. The summed E-state index contributed by atoms with van der Waals surface area (Å²) in [5, 5.41) is 0. The Morgan fingerprint density at radius 1 is 0.659 bits per heavy atom. The van der Waals surface area contributed by atoms with Gasteiger partial charge >= 0.3 is 29.8 Å². The molecule has 0 aliphatic heterocycles. The zero-order valence-electron chi connectivity index (χ0n) is 24.1. The lowest BCUT2D eigenvalue weighted by atomic mass is 10.1. The highest BCUT2D eigenvalue weighted by Gasteiger charge is 2.40. The topological polar surface area (TPSA) is 141 Å². The Morgan fingerprint density at radius 2 is 1.07 bits per heavy atom. The summed E-state index contributed by atoms with van der Waals surface area (Å²) in [6, 6.07) is 0.895. The molecule has 41 heavy (non-hydrogen) atoms. The monoisotopic (exact) mass is 676 g/mol. The van der Waals surface area contributed by atoms with E-state index in [0.29, 0.717) is 18.1 Å². The Morgan fingerprint density at radius 3 is 1.49 bits per heavy atom. The summed E-state index contributed by atoms with van der Waals surface area (Å²) in [4.78, 5) is 60.7. The van der Waals surface area contributed by atoms with Crippen LogP contribution < -0.4 is 0 Å². The predicted octanol–water partition coefficient (Wildman–Crippen LogP) is 3.16. The molecule has 16 heteroatoms. The molecule has 0 heterocycles. The molecule has 0 saturated carbocycles. The van der Waals surface area contributed by atoms with Gasteiger partial charge in [-0.25, -0.2) is 0 Å². The normalized spacial score (nSPS) is 11.5. The molecule has 0 aliphatic rings. The molecule has 0 atom stereocenters. The average Bonchev–Trinajstić information content (AvgIpc) is 2.92. The lowest BCUT2D eigenvalue weighted by Crippen LogP contribution is -2.50. The molecule has 0 radical (unpaired) electrons. The van der Waals surface area contributed by atoms with Crippen LogP contribution in [0.2, 0.25) is 19.1 Å². The minimum absolute atomic E-state index is 0.00202. The first kappa shape index (κ1) is 39.9. The summed E-state index contributed by atoms with van der Waals surface area (Å²) in [6.07, 6.45) is 0.876. The lowest BCUT2D eigenvalue weighted by Gasteiger charge is -2.32. The number of thioether (sulfide) groups is 1. The minimum Gasteiger partial charge on any atom is -0.466 e. The van der Waals surface area contributed by atoms with Gasteiger partial charge in [0, 0.05) is 35.9 Å². The zero-order chi connectivity index (χ0) is 31.2. The standard InChI is InChI=1S/C25H44O11S4Si/c1-31-41(2,3)16-4-10-32-23(29)8-14-40-15-9-24(30)36-25(17-33-20(26)5-11-37,18-34-21(27)6-12-38)19-35-22(28)7-13-39/h37-39H,4-19H2,1-3H3. The van der Waals surface area contributed by atoms with Crippen LogP contribution in [-0.2, 0) is 52.1 Å². The summed E-state index contributed by atoms with van der Waals surface area (Å²) < 4.78 is 32.0. The van der Waals surface area contributed by atoms with Crippen LogP contribution in [0.15, 0.2) is 0 Å². The first-order valence-electron chi connectivity index (χ1n) is 13.2. The molecule has 0 saturated heterocycles. The van der Waals surface area contributed by atoms with Gasteiger partial charge in [-0.2, -0.15) is 49.6 Å². The summed E-state index contributed by atoms with van der Waals surface area (Å²) in [7, 11) is 0.0185. The van der Waals surface area contributed by atoms with Gasteiger partial charge < -0.3 is 28.1 Å². The van der Waals surface area contributed by atoms with E-state index in [0.717, 1.165) is 12.5 Å². The number of carbonyl (C=O) groups is 5. The van der Waals surface area contributed by atoms with Crippen molar-refractivity contribution in [2.75, 3.05) is 62.3 Å². The largest absolute Gasteiger partial charge is 0.466 e. The van der Waals surface area contributed by atoms with E-state index in [9.17, 15) is 24.0 Å². The third-order valence-corrected chi connectivity index (χ3v) is 9.73. The van der Waals surface area contributed by atoms with E-state index >= 15 is 0 Å². The van der Waals surface area contributed by atoms with Gasteiger partial charge in [-0.05, 0) is 25.6 Å². The Kier molecular flexibility index (Phi) is 22.8. The molecule has 0 aromatic rings. The molecular weight excluding hydrogens is 633 g/mol. The van der Waals surface area contributed by atoms with Gasteiger partial charge in [0.15, 0.2) is 8.32 Å². The molecule has 0 spiro atoms. The molecule has 0 aromatic heterocycles. The van der Waals surface area contributed by atoms with Crippen LogP contribution >= 0.6 is 49.6 Å². The number of ether oxygens (including phenoxy) is 5. The fourth-order valence-corrected chi connectivity index (χ4v) is 5.48. The van der Waals surface area contributed by atoms with Gasteiger partial charge in [0.25, 0.3) is 0 Å².